The van der Waals surface area contributed by atoms with Crippen molar-refractivity contribution >= 4 is 47.4 Å². The van der Waals surface area contributed by atoms with Crippen LogP contribution >= 0.6 is 35.6 Å². The number of benzene rings is 1. The molecule has 146 valence electrons. The quantitative estimate of drug-likeness (QED) is 0.276. The van der Waals surface area contributed by atoms with E-state index in [1.165, 1.54) is 12.8 Å². The summed E-state index contributed by atoms with van der Waals surface area (Å²) < 4.78 is 0. The number of rotatable bonds is 6. The molecule has 0 radical (unpaired) electrons. The van der Waals surface area contributed by atoms with Gasteiger partial charge in [0.1, 0.15) is 0 Å². The number of carbonyl (C=O) groups is 1. The van der Waals surface area contributed by atoms with Crippen LogP contribution in [0.5, 0.6) is 0 Å². The zero-order valence-electron chi connectivity index (χ0n) is 15.8. The summed E-state index contributed by atoms with van der Waals surface area (Å²) >= 11 is 6.04. The molecule has 0 spiro atoms. The van der Waals surface area contributed by atoms with Gasteiger partial charge in [-0.3, -0.25) is 9.79 Å². The van der Waals surface area contributed by atoms with Crippen LogP contribution in [-0.4, -0.2) is 50.0 Å². The van der Waals surface area contributed by atoms with Gasteiger partial charge in [-0.05, 0) is 36.8 Å². The van der Waals surface area contributed by atoms with Gasteiger partial charge >= 0.3 is 0 Å². The molecule has 5 nitrogen and oxygen atoms in total. The minimum Gasteiger partial charge on any atom is -0.354 e. The topological polar surface area (TPSA) is 56.7 Å². The van der Waals surface area contributed by atoms with Gasteiger partial charge in [-0.1, -0.05) is 37.6 Å². The predicted octanol–water partition coefficient (Wildman–Crippen LogP) is 3.63. The maximum absolute atomic E-state index is 12.1. The van der Waals surface area contributed by atoms with E-state index < -0.39 is 0 Å². The van der Waals surface area contributed by atoms with Crippen LogP contribution < -0.4 is 10.6 Å². The molecule has 26 heavy (non-hydrogen) atoms. The molecule has 1 heterocycles. The van der Waals surface area contributed by atoms with Crippen molar-refractivity contribution in [1.82, 2.24) is 15.5 Å². The van der Waals surface area contributed by atoms with Gasteiger partial charge in [0.2, 0.25) is 0 Å². The molecule has 1 saturated heterocycles. The fourth-order valence-corrected chi connectivity index (χ4v) is 3.53. The summed E-state index contributed by atoms with van der Waals surface area (Å²) in [6, 6.07) is 7.07. The summed E-state index contributed by atoms with van der Waals surface area (Å²) in [5.74, 6) is 2.25. The number of guanidine groups is 1. The average Bonchev–Trinajstić information content (AvgIpc) is 3.02. The fourth-order valence-electron chi connectivity index (χ4n) is 3.31. The van der Waals surface area contributed by atoms with Gasteiger partial charge in [0, 0.05) is 33.2 Å². The Labute approximate surface area is 179 Å². The maximum Gasteiger partial charge on any atom is 0.252 e. The first-order chi connectivity index (χ1) is 12.0. The van der Waals surface area contributed by atoms with Gasteiger partial charge in [-0.25, -0.2) is 0 Å². The lowest BCUT2D eigenvalue weighted by Gasteiger charge is -2.22. The normalized spacial score (nSPS) is 17.2. The molecule has 0 bridgehead atoms. The number of hydrogen-bond acceptors (Lipinski definition) is 2. The lowest BCUT2D eigenvalue weighted by atomic mass is 9.97. The van der Waals surface area contributed by atoms with Crippen molar-refractivity contribution in [3.05, 3.63) is 34.9 Å². The van der Waals surface area contributed by atoms with Crippen LogP contribution in [0, 0.1) is 11.8 Å². The predicted molar refractivity (Wildman–Crippen MR) is 120 cm³/mol. The van der Waals surface area contributed by atoms with Crippen molar-refractivity contribution in [1.29, 1.82) is 0 Å². The van der Waals surface area contributed by atoms with Crippen molar-refractivity contribution < 1.29 is 4.79 Å². The number of nitrogens with zero attached hydrogens (tertiary/aromatic N) is 2. The number of nitrogens with one attached hydrogen (secondary N) is 2. The van der Waals surface area contributed by atoms with Crippen molar-refractivity contribution in [2.45, 2.75) is 26.7 Å². The fraction of sp³-hybridized carbons (Fsp3) is 0.579. The summed E-state index contributed by atoms with van der Waals surface area (Å²) in [5.41, 5.74) is 0.504. The number of amides is 1. The third kappa shape index (κ3) is 6.95. The summed E-state index contributed by atoms with van der Waals surface area (Å²) in [6.07, 6.45) is 2.49. The van der Waals surface area contributed by atoms with Crippen LogP contribution in [0.3, 0.4) is 0 Å². The van der Waals surface area contributed by atoms with E-state index >= 15 is 0 Å². The van der Waals surface area contributed by atoms with Crippen LogP contribution in [-0.2, 0) is 0 Å². The van der Waals surface area contributed by atoms with Crippen LogP contribution in [0.15, 0.2) is 29.3 Å². The van der Waals surface area contributed by atoms with E-state index in [0.717, 1.165) is 30.9 Å². The highest BCUT2D eigenvalue weighted by Crippen LogP contribution is 2.23. The molecule has 1 aliphatic rings. The van der Waals surface area contributed by atoms with E-state index in [-0.39, 0.29) is 29.9 Å². The summed E-state index contributed by atoms with van der Waals surface area (Å²) in [4.78, 5) is 18.8. The van der Waals surface area contributed by atoms with Gasteiger partial charge in [-0.15, -0.1) is 24.0 Å². The smallest absolute Gasteiger partial charge is 0.252 e. The van der Waals surface area contributed by atoms with Gasteiger partial charge in [0.05, 0.1) is 10.6 Å². The molecule has 1 amide bonds. The van der Waals surface area contributed by atoms with Gasteiger partial charge in [0.15, 0.2) is 5.96 Å². The number of likely N-dealkylation sites (tertiary alicyclic amines) is 1. The lowest BCUT2D eigenvalue weighted by Crippen LogP contribution is -2.43. The van der Waals surface area contributed by atoms with Crippen molar-refractivity contribution in [3.8, 4) is 0 Å². The van der Waals surface area contributed by atoms with E-state index in [2.05, 4.69) is 34.4 Å². The van der Waals surface area contributed by atoms with E-state index in [1.807, 2.05) is 12.1 Å². The number of halogens is 2. The van der Waals surface area contributed by atoms with Crippen LogP contribution in [0.1, 0.15) is 37.0 Å². The standard InChI is InChI=1S/C19H29ClN4O.HI/c1-14(2)12-15-8-11-24(13-15)19(21-3)23-10-9-22-18(25)16-6-4-5-7-17(16)20;/h4-7,14-15H,8-13H2,1-3H3,(H,21,23)(H,22,25);1H. The second kappa shape index (κ2) is 11.6. The highest BCUT2D eigenvalue weighted by molar-refractivity contribution is 14.0. The average molecular weight is 493 g/mol. The van der Waals surface area contributed by atoms with Gasteiger partial charge in [-0.2, -0.15) is 0 Å². The van der Waals surface area contributed by atoms with E-state index in [4.69, 9.17) is 11.6 Å². The Morgan fingerprint density at radius 3 is 2.65 bits per heavy atom. The summed E-state index contributed by atoms with van der Waals surface area (Å²) in [5, 5.41) is 6.69. The molecule has 2 rings (SSSR count). The van der Waals surface area contributed by atoms with E-state index in [1.54, 1.807) is 19.2 Å². The van der Waals surface area contributed by atoms with Crippen LogP contribution in [0.4, 0.5) is 0 Å². The Bertz CT molecular complexity index is 609. The molecule has 2 N–H and O–H groups in total. The molecular weight excluding hydrogens is 463 g/mol. The highest BCUT2D eigenvalue weighted by Gasteiger charge is 2.25. The Kier molecular flexibility index (Phi) is 10.3. The first-order valence-electron chi connectivity index (χ1n) is 8.99. The molecule has 1 aliphatic heterocycles. The number of aliphatic imine (C=N–C) groups is 1. The Morgan fingerprint density at radius 1 is 1.31 bits per heavy atom. The number of hydrogen-bond donors (Lipinski definition) is 2. The van der Waals surface area contributed by atoms with Crippen molar-refractivity contribution in [2.75, 3.05) is 33.2 Å². The molecule has 0 saturated carbocycles. The van der Waals surface area contributed by atoms with E-state index in [9.17, 15) is 4.79 Å². The number of carbonyl (C=O) groups excluding carboxylic acids is 1. The zero-order chi connectivity index (χ0) is 18.2. The zero-order valence-corrected chi connectivity index (χ0v) is 18.9. The minimum atomic E-state index is -0.152. The second-order valence-corrected chi connectivity index (χ2v) is 7.35. The second-order valence-electron chi connectivity index (χ2n) is 6.94. The first kappa shape index (κ1) is 23.0. The van der Waals surface area contributed by atoms with Gasteiger partial charge < -0.3 is 15.5 Å². The molecule has 7 heteroatoms. The van der Waals surface area contributed by atoms with E-state index in [0.29, 0.717) is 23.7 Å². The third-order valence-electron chi connectivity index (χ3n) is 4.41. The molecule has 1 unspecified atom stereocenters. The highest BCUT2D eigenvalue weighted by atomic mass is 127. The van der Waals surface area contributed by atoms with Gasteiger partial charge in [0.25, 0.3) is 5.91 Å². The molecule has 0 aromatic heterocycles. The van der Waals surface area contributed by atoms with Crippen LogP contribution in [0.2, 0.25) is 5.02 Å². The SMILES string of the molecule is CN=C(NCCNC(=O)c1ccccc1Cl)N1CCC(CC(C)C)C1.I. The Balaban J connectivity index is 0.00000338. The molecular formula is C19H30ClIN4O. The van der Waals surface area contributed by atoms with Crippen LogP contribution in [0.25, 0.3) is 0 Å². The molecule has 1 aromatic carbocycles. The van der Waals surface area contributed by atoms with Crippen molar-refractivity contribution in [2.24, 2.45) is 16.8 Å². The molecule has 1 aromatic rings. The Hall–Kier alpha value is -1.02. The minimum absolute atomic E-state index is 0. The summed E-state index contributed by atoms with van der Waals surface area (Å²) in [6.45, 7) is 7.81. The summed E-state index contributed by atoms with van der Waals surface area (Å²) in [7, 11) is 1.81. The molecule has 0 aliphatic carbocycles. The lowest BCUT2D eigenvalue weighted by molar-refractivity contribution is 0.0954. The third-order valence-corrected chi connectivity index (χ3v) is 4.74. The first-order valence-corrected chi connectivity index (χ1v) is 9.37. The monoisotopic (exact) mass is 492 g/mol. The largest absolute Gasteiger partial charge is 0.354 e. The Morgan fingerprint density at radius 2 is 2.00 bits per heavy atom. The molecule has 1 atom stereocenters. The maximum atomic E-state index is 12.1. The van der Waals surface area contributed by atoms with Crippen molar-refractivity contribution in [3.63, 3.8) is 0 Å². The molecule has 1 fully saturated rings.